The molecule has 1 heterocycles. The van der Waals surface area contributed by atoms with Crippen LogP contribution in [0.1, 0.15) is 25.3 Å². The predicted molar refractivity (Wildman–Crippen MR) is 119 cm³/mol. The van der Waals surface area contributed by atoms with Crippen LogP contribution in [0, 0.1) is 11.3 Å². The molecule has 156 valence electrons. The first kappa shape index (κ1) is 20.4. The number of aryl methyl sites for hydroxylation is 1. The number of nitrogens with zero attached hydrogens (tertiary/aromatic N) is 3. The molecule has 30 heavy (non-hydrogen) atoms. The zero-order valence-electron chi connectivity index (χ0n) is 17.1. The Hall–Kier alpha value is -2.85. The third kappa shape index (κ3) is 3.68. The monoisotopic (exact) mass is 425 g/mol. The number of hydrogen-bond donors (Lipinski definition) is 0. The first-order chi connectivity index (χ1) is 14.6. The van der Waals surface area contributed by atoms with Crippen molar-refractivity contribution in [2.75, 3.05) is 24.6 Å². The molecule has 2 aromatic carbocycles. The van der Waals surface area contributed by atoms with Crippen molar-refractivity contribution in [3.05, 3.63) is 48.0 Å². The predicted octanol–water partition coefficient (Wildman–Crippen LogP) is 4.81. The Morgan fingerprint density at radius 3 is 2.60 bits per heavy atom. The summed E-state index contributed by atoms with van der Waals surface area (Å²) in [7, 11) is 0.851. The minimum atomic E-state index is -1.00. The standard InChI is InChI=1S/C23H24FN3O2S/c1-3-27-22-14-18(29-13-12-24)8-11-20(22)21(15-25)23(27)16-4-6-17(7-5-16)26(2)30(28)19-9-10-19/h4-8,11,14,19H,3,9-10,12-13H2,1-2H3. The first-order valence-corrected chi connectivity index (χ1v) is 11.3. The summed E-state index contributed by atoms with van der Waals surface area (Å²) < 4.78 is 34.2. The SMILES string of the molecule is CCn1c(-c2ccc(N(C)S(=O)C3CC3)cc2)c(C#N)c2ccc(OCCF)cc21. The van der Waals surface area contributed by atoms with Gasteiger partial charge in [0.05, 0.1) is 22.0 Å². The lowest BCUT2D eigenvalue weighted by Crippen LogP contribution is -2.23. The van der Waals surface area contributed by atoms with Gasteiger partial charge in [-0.1, -0.05) is 12.1 Å². The number of benzene rings is 2. The number of ether oxygens (including phenoxy) is 1. The minimum absolute atomic E-state index is 0.00745. The normalized spacial score (nSPS) is 14.5. The van der Waals surface area contributed by atoms with Crippen LogP contribution in [-0.4, -0.2) is 34.4 Å². The minimum Gasteiger partial charge on any atom is -0.491 e. The number of alkyl halides is 1. The van der Waals surface area contributed by atoms with Gasteiger partial charge in [0.1, 0.15) is 36.1 Å². The van der Waals surface area contributed by atoms with Crippen molar-refractivity contribution in [1.82, 2.24) is 4.57 Å². The maximum absolute atomic E-state index is 12.5. The van der Waals surface area contributed by atoms with E-state index in [4.69, 9.17) is 4.74 Å². The van der Waals surface area contributed by atoms with Crippen LogP contribution >= 0.6 is 0 Å². The number of hydrogen-bond acceptors (Lipinski definition) is 3. The summed E-state index contributed by atoms with van der Waals surface area (Å²) in [5.74, 6) is 0.586. The third-order valence-electron chi connectivity index (χ3n) is 5.39. The van der Waals surface area contributed by atoms with Gasteiger partial charge in [0, 0.05) is 30.7 Å². The van der Waals surface area contributed by atoms with Crippen molar-refractivity contribution >= 4 is 27.6 Å². The average molecular weight is 426 g/mol. The molecule has 1 aliphatic carbocycles. The molecule has 4 rings (SSSR count). The van der Waals surface area contributed by atoms with Gasteiger partial charge in [-0.2, -0.15) is 5.26 Å². The van der Waals surface area contributed by atoms with Crippen molar-refractivity contribution in [3.63, 3.8) is 0 Å². The molecule has 1 atom stereocenters. The second kappa shape index (κ2) is 8.49. The highest BCUT2D eigenvalue weighted by atomic mass is 32.2. The van der Waals surface area contributed by atoms with Gasteiger partial charge >= 0.3 is 0 Å². The topological polar surface area (TPSA) is 58.3 Å². The fraction of sp³-hybridized carbons (Fsp3) is 0.348. The Labute approximate surface area is 178 Å². The molecular weight excluding hydrogens is 401 g/mol. The van der Waals surface area contributed by atoms with Crippen molar-refractivity contribution in [2.45, 2.75) is 31.6 Å². The van der Waals surface area contributed by atoms with Crippen LogP contribution in [0.15, 0.2) is 42.5 Å². The van der Waals surface area contributed by atoms with E-state index in [1.807, 2.05) is 54.7 Å². The zero-order valence-corrected chi connectivity index (χ0v) is 17.9. The molecule has 0 bridgehead atoms. The van der Waals surface area contributed by atoms with E-state index in [2.05, 4.69) is 10.6 Å². The Morgan fingerprint density at radius 2 is 2.00 bits per heavy atom. The second-order valence-corrected chi connectivity index (χ2v) is 9.08. The summed E-state index contributed by atoms with van der Waals surface area (Å²) in [6.07, 6.45) is 2.04. The molecule has 0 saturated heterocycles. The molecule has 3 aromatic rings. The Bertz CT molecular complexity index is 1130. The van der Waals surface area contributed by atoms with Crippen LogP contribution in [0.3, 0.4) is 0 Å². The number of aromatic nitrogens is 1. The molecule has 0 radical (unpaired) electrons. The summed E-state index contributed by atoms with van der Waals surface area (Å²) >= 11 is 0. The summed E-state index contributed by atoms with van der Waals surface area (Å²) in [6, 6.07) is 15.7. The van der Waals surface area contributed by atoms with E-state index in [0.29, 0.717) is 17.9 Å². The highest BCUT2D eigenvalue weighted by Gasteiger charge is 2.31. The van der Waals surface area contributed by atoms with E-state index in [9.17, 15) is 13.9 Å². The van der Waals surface area contributed by atoms with Gasteiger partial charge in [0.2, 0.25) is 0 Å². The highest BCUT2D eigenvalue weighted by Crippen LogP contribution is 2.36. The smallest absolute Gasteiger partial charge is 0.123 e. The number of anilines is 1. The quantitative estimate of drug-likeness (QED) is 0.520. The lowest BCUT2D eigenvalue weighted by Gasteiger charge is -2.18. The van der Waals surface area contributed by atoms with E-state index >= 15 is 0 Å². The first-order valence-electron chi connectivity index (χ1n) is 10.1. The van der Waals surface area contributed by atoms with E-state index < -0.39 is 17.7 Å². The van der Waals surface area contributed by atoms with Crippen molar-refractivity contribution < 1.29 is 13.3 Å². The molecule has 1 saturated carbocycles. The van der Waals surface area contributed by atoms with Crippen LogP contribution in [0.4, 0.5) is 10.1 Å². The van der Waals surface area contributed by atoms with Crippen LogP contribution in [0.25, 0.3) is 22.2 Å². The van der Waals surface area contributed by atoms with E-state index in [1.165, 1.54) is 0 Å². The summed E-state index contributed by atoms with van der Waals surface area (Å²) in [5, 5.41) is 11.0. The number of rotatable bonds is 8. The van der Waals surface area contributed by atoms with Crippen LogP contribution in [0.2, 0.25) is 0 Å². The zero-order chi connectivity index (χ0) is 21.3. The fourth-order valence-corrected chi connectivity index (χ4v) is 5.06. The Kier molecular flexibility index (Phi) is 5.78. The average Bonchev–Trinajstić information content (AvgIpc) is 3.58. The number of halogens is 1. The van der Waals surface area contributed by atoms with Crippen LogP contribution < -0.4 is 9.04 Å². The second-order valence-electron chi connectivity index (χ2n) is 7.32. The van der Waals surface area contributed by atoms with Crippen molar-refractivity contribution in [2.24, 2.45) is 0 Å². The highest BCUT2D eigenvalue weighted by molar-refractivity contribution is 7.87. The van der Waals surface area contributed by atoms with Crippen LogP contribution in [-0.2, 0) is 17.5 Å². The number of nitriles is 1. The Morgan fingerprint density at radius 1 is 1.27 bits per heavy atom. The van der Waals surface area contributed by atoms with Crippen molar-refractivity contribution in [3.8, 4) is 23.1 Å². The molecule has 1 fully saturated rings. The molecule has 0 amide bonds. The summed E-state index contributed by atoms with van der Waals surface area (Å²) in [5.41, 5.74) is 4.15. The van der Waals surface area contributed by atoms with Crippen LogP contribution in [0.5, 0.6) is 5.75 Å². The molecule has 0 N–H and O–H groups in total. The van der Waals surface area contributed by atoms with Gasteiger partial charge in [-0.3, -0.25) is 4.31 Å². The molecule has 0 aliphatic heterocycles. The van der Waals surface area contributed by atoms with Gasteiger partial charge in [-0.05, 0) is 49.6 Å². The van der Waals surface area contributed by atoms with Gasteiger partial charge < -0.3 is 9.30 Å². The van der Waals surface area contributed by atoms with Crippen molar-refractivity contribution in [1.29, 1.82) is 5.26 Å². The molecular formula is C23H24FN3O2S. The lowest BCUT2D eigenvalue weighted by atomic mass is 10.1. The van der Waals surface area contributed by atoms with Gasteiger partial charge in [0.15, 0.2) is 0 Å². The van der Waals surface area contributed by atoms with Gasteiger partial charge in [-0.25, -0.2) is 8.60 Å². The molecule has 1 unspecified atom stereocenters. The molecule has 0 spiro atoms. The van der Waals surface area contributed by atoms with E-state index in [0.717, 1.165) is 40.7 Å². The van der Waals surface area contributed by atoms with E-state index in [-0.39, 0.29) is 11.9 Å². The van der Waals surface area contributed by atoms with Gasteiger partial charge in [-0.15, -0.1) is 0 Å². The molecule has 7 heteroatoms. The summed E-state index contributed by atoms with van der Waals surface area (Å²) in [6.45, 7) is 2.16. The summed E-state index contributed by atoms with van der Waals surface area (Å²) in [4.78, 5) is 0. The van der Waals surface area contributed by atoms with Gasteiger partial charge in [0.25, 0.3) is 0 Å². The fourth-order valence-electron chi connectivity index (χ4n) is 3.74. The maximum Gasteiger partial charge on any atom is 0.123 e. The molecule has 5 nitrogen and oxygen atoms in total. The molecule has 1 aromatic heterocycles. The lowest BCUT2D eigenvalue weighted by molar-refractivity contribution is 0.273. The molecule has 1 aliphatic rings. The third-order valence-corrected chi connectivity index (χ3v) is 7.19. The number of fused-ring (bicyclic) bond motifs is 1. The maximum atomic E-state index is 12.5. The largest absolute Gasteiger partial charge is 0.491 e. The Balaban J connectivity index is 1.75. The van der Waals surface area contributed by atoms with E-state index in [1.54, 1.807) is 6.07 Å².